The van der Waals surface area contributed by atoms with Crippen LogP contribution in [0, 0.1) is 17.8 Å². The van der Waals surface area contributed by atoms with E-state index in [4.69, 9.17) is 11.6 Å². The van der Waals surface area contributed by atoms with E-state index in [-0.39, 0.29) is 11.8 Å². The molecule has 0 heterocycles. The highest BCUT2D eigenvalue weighted by Gasteiger charge is 2.35. The van der Waals surface area contributed by atoms with Gasteiger partial charge in [-0.25, -0.2) is 0 Å². The molecule has 0 aromatic carbocycles. The summed E-state index contributed by atoms with van der Waals surface area (Å²) in [7, 11) is 0. The number of carbonyl (C=O) groups is 1. The number of allylic oxidation sites excluding steroid dienone is 2. The molecule has 0 radical (unpaired) electrons. The Hall–Kier alpha value is -0.500. The SMILES string of the molecule is O=C(CCl)NCC1CC2C=CC1C2. The molecule has 0 saturated heterocycles. The fourth-order valence-electron chi connectivity index (χ4n) is 2.42. The van der Waals surface area contributed by atoms with Gasteiger partial charge in [0.25, 0.3) is 0 Å². The second kappa shape index (κ2) is 3.70. The summed E-state index contributed by atoms with van der Waals surface area (Å²) < 4.78 is 0. The zero-order valence-corrected chi connectivity index (χ0v) is 8.26. The Morgan fingerprint density at radius 2 is 2.31 bits per heavy atom. The van der Waals surface area contributed by atoms with Crippen LogP contribution < -0.4 is 5.32 Å². The van der Waals surface area contributed by atoms with Gasteiger partial charge >= 0.3 is 0 Å². The molecule has 2 aliphatic rings. The van der Waals surface area contributed by atoms with Crippen molar-refractivity contribution < 1.29 is 4.79 Å². The quantitative estimate of drug-likeness (QED) is 0.543. The second-order valence-corrected chi connectivity index (χ2v) is 4.25. The molecule has 0 aliphatic heterocycles. The minimum atomic E-state index is -0.0478. The first-order valence-corrected chi connectivity index (χ1v) is 5.34. The summed E-state index contributed by atoms with van der Waals surface area (Å²) in [5.41, 5.74) is 0. The maximum absolute atomic E-state index is 10.9. The first kappa shape index (κ1) is 9.07. The minimum absolute atomic E-state index is 0.0478. The van der Waals surface area contributed by atoms with E-state index >= 15 is 0 Å². The van der Waals surface area contributed by atoms with Crippen LogP contribution in [0.25, 0.3) is 0 Å². The van der Waals surface area contributed by atoms with Crippen molar-refractivity contribution in [1.29, 1.82) is 0 Å². The first-order chi connectivity index (χ1) is 6.29. The van der Waals surface area contributed by atoms with E-state index < -0.39 is 0 Å². The lowest BCUT2D eigenvalue weighted by molar-refractivity contribution is -0.118. The topological polar surface area (TPSA) is 29.1 Å². The van der Waals surface area contributed by atoms with Crippen LogP contribution in [0.2, 0.25) is 0 Å². The van der Waals surface area contributed by atoms with Gasteiger partial charge in [-0.15, -0.1) is 11.6 Å². The number of nitrogens with one attached hydrogen (secondary N) is 1. The van der Waals surface area contributed by atoms with Crippen molar-refractivity contribution in [3.8, 4) is 0 Å². The highest BCUT2D eigenvalue weighted by Crippen LogP contribution is 2.42. The van der Waals surface area contributed by atoms with E-state index in [9.17, 15) is 4.79 Å². The van der Waals surface area contributed by atoms with Crippen LogP contribution in [-0.4, -0.2) is 18.3 Å². The van der Waals surface area contributed by atoms with Gasteiger partial charge in [0, 0.05) is 6.54 Å². The van der Waals surface area contributed by atoms with E-state index in [1.54, 1.807) is 0 Å². The minimum Gasteiger partial charge on any atom is -0.355 e. The van der Waals surface area contributed by atoms with Crippen molar-refractivity contribution in [2.75, 3.05) is 12.4 Å². The standard InChI is InChI=1S/C10H14ClNO/c11-5-10(13)12-6-9-4-7-1-2-8(9)3-7/h1-2,7-9H,3-6H2,(H,12,13). The molecular formula is C10H14ClNO. The fourth-order valence-corrected chi connectivity index (χ4v) is 2.52. The highest BCUT2D eigenvalue weighted by molar-refractivity contribution is 6.27. The molecular weight excluding hydrogens is 186 g/mol. The van der Waals surface area contributed by atoms with Crippen LogP contribution in [0.1, 0.15) is 12.8 Å². The van der Waals surface area contributed by atoms with Gasteiger partial charge in [0.1, 0.15) is 5.88 Å². The molecule has 0 aromatic rings. The molecule has 3 atom stereocenters. The number of hydrogen-bond donors (Lipinski definition) is 1. The Kier molecular flexibility index (Phi) is 2.58. The Bertz CT molecular complexity index is 239. The summed E-state index contributed by atoms with van der Waals surface area (Å²) in [6.07, 6.45) is 7.14. The van der Waals surface area contributed by atoms with E-state index in [2.05, 4.69) is 17.5 Å². The number of hydrogen-bond acceptors (Lipinski definition) is 1. The Morgan fingerprint density at radius 3 is 2.85 bits per heavy atom. The summed E-state index contributed by atoms with van der Waals surface area (Å²) in [5, 5.41) is 2.85. The summed E-state index contributed by atoms with van der Waals surface area (Å²) in [4.78, 5) is 10.9. The molecule has 3 unspecified atom stereocenters. The number of halogens is 1. The van der Waals surface area contributed by atoms with Crippen molar-refractivity contribution in [3.63, 3.8) is 0 Å². The van der Waals surface area contributed by atoms with Crippen LogP contribution in [0.5, 0.6) is 0 Å². The highest BCUT2D eigenvalue weighted by atomic mass is 35.5. The van der Waals surface area contributed by atoms with Gasteiger partial charge < -0.3 is 5.32 Å². The lowest BCUT2D eigenvalue weighted by Crippen LogP contribution is -2.31. The monoisotopic (exact) mass is 199 g/mol. The number of fused-ring (bicyclic) bond motifs is 2. The van der Waals surface area contributed by atoms with E-state index in [0.717, 1.165) is 12.5 Å². The third-order valence-corrected chi connectivity index (χ3v) is 3.34. The van der Waals surface area contributed by atoms with Crippen molar-refractivity contribution in [2.24, 2.45) is 17.8 Å². The largest absolute Gasteiger partial charge is 0.355 e. The second-order valence-electron chi connectivity index (χ2n) is 3.98. The lowest BCUT2D eigenvalue weighted by atomic mass is 9.94. The Balaban J connectivity index is 1.78. The molecule has 2 nitrogen and oxygen atoms in total. The summed E-state index contributed by atoms with van der Waals surface area (Å²) >= 11 is 5.39. The summed E-state index contributed by atoms with van der Waals surface area (Å²) in [6.45, 7) is 0.803. The number of amides is 1. The Morgan fingerprint density at radius 1 is 1.46 bits per heavy atom. The van der Waals surface area contributed by atoms with Crippen LogP contribution in [0.15, 0.2) is 12.2 Å². The molecule has 3 heteroatoms. The molecule has 2 bridgehead atoms. The van der Waals surface area contributed by atoms with Crippen molar-refractivity contribution in [2.45, 2.75) is 12.8 Å². The summed E-state index contributed by atoms with van der Waals surface area (Å²) in [5.74, 6) is 2.18. The average Bonchev–Trinajstić information content (AvgIpc) is 2.74. The van der Waals surface area contributed by atoms with E-state index in [1.165, 1.54) is 12.8 Å². The van der Waals surface area contributed by atoms with Gasteiger partial charge in [0.05, 0.1) is 0 Å². The van der Waals surface area contributed by atoms with Gasteiger partial charge in [0.2, 0.25) is 5.91 Å². The molecule has 1 N–H and O–H groups in total. The average molecular weight is 200 g/mol. The maximum Gasteiger partial charge on any atom is 0.234 e. The fraction of sp³-hybridized carbons (Fsp3) is 0.700. The van der Waals surface area contributed by atoms with Crippen molar-refractivity contribution in [1.82, 2.24) is 5.32 Å². The normalized spacial score (nSPS) is 35.3. The predicted molar refractivity (Wildman–Crippen MR) is 52.6 cm³/mol. The van der Waals surface area contributed by atoms with Gasteiger partial charge in [-0.2, -0.15) is 0 Å². The molecule has 2 aliphatic carbocycles. The van der Waals surface area contributed by atoms with E-state index in [1.807, 2.05) is 0 Å². The molecule has 72 valence electrons. The molecule has 0 spiro atoms. The zero-order valence-electron chi connectivity index (χ0n) is 7.50. The van der Waals surface area contributed by atoms with Crippen LogP contribution in [-0.2, 0) is 4.79 Å². The lowest BCUT2D eigenvalue weighted by Gasteiger charge is -2.17. The molecule has 13 heavy (non-hydrogen) atoms. The molecule has 1 saturated carbocycles. The Labute approximate surface area is 83.3 Å². The number of alkyl halides is 1. The van der Waals surface area contributed by atoms with Crippen LogP contribution >= 0.6 is 11.6 Å². The van der Waals surface area contributed by atoms with Gasteiger partial charge in [-0.3, -0.25) is 4.79 Å². The smallest absolute Gasteiger partial charge is 0.234 e. The van der Waals surface area contributed by atoms with Crippen molar-refractivity contribution >= 4 is 17.5 Å². The zero-order chi connectivity index (χ0) is 9.26. The van der Waals surface area contributed by atoms with Gasteiger partial charge in [0.15, 0.2) is 0 Å². The molecule has 1 fully saturated rings. The molecule has 2 rings (SSSR count). The molecule has 1 amide bonds. The van der Waals surface area contributed by atoms with Crippen LogP contribution in [0.4, 0.5) is 0 Å². The predicted octanol–water partition coefficient (Wildman–Crippen LogP) is 1.55. The van der Waals surface area contributed by atoms with Gasteiger partial charge in [-0.1, -0.05) is 12.2 Å². The number of carbonyl (C=O) groups excluding carboxylic acids is 1. The molecule has 0 aromatic heterocycles. The number of rotatable bonds is 3. The van der Waals surface area contributed by atoms with Crippen LogP contribution in [0.3, 0.4) is 0 Å². The van der Waals surface area contributed by atoms with Gasteiger partial charge in [-0.05, 0) is 30.6 Å². The van der Waals surface area contributed by atoms with E-state index in [0.29, 0.717) is 11.8 Å². The van der Waals surface area contributed by atoms with Crippen molar-refractivity contribution in [3.05, 3.63) is 12.2 Å². The third kappa shape index (κ3) is 1.88. The third-order valence-electron chi connectivity index (χ3n) is 3.10. The summed E-state index contributed by atoms with van der Waals surface area (Å²) in [6, 6.07) is 0. The maximum atomic E-state index is 10.9. The first-order valence-electron chi connectivity index (χ1n) is 4.80.